The second kappa shape index (κ2) is 11.3. The first kappa shape index (κ1) is 23.2. The molecule has 1 fully saturated rings. The van der Waals surface area contributed by atoms with Gasteiger partial charge in [-0.15, -0.1) is 0 Å². The van der Waals surface area contributed by atoms with Gasteiger partial charge in [0.1, 0.15) is 0 Å². The monoisotopic (exact) mass is 433 g/mol. The molecule has 0 radical (unpaired) electrons. The predicted molar refractivity (Wildman–Crippen MR) is 119 cm³/mol. The lowest BCUT2D eigenvalue weighted by atomic mass is 10.1. The number of aryl methyl sites for hydroxylation is 2. The van der Waals surface area contributed by atoms with Crippen molar-refractivity contribution in [2.75, 3.05) is 26.3 Å². The van der Waals surface area contributed by atoms with Crippen LogP contribution in [-0.4, -0.2) is 55.8 Å². The second-order valence-electron chi connectivity index (χ2n) is 8.40. The van der Waals surface area contributed by atoms with E-state index in [9.17, 15) is 14.4 Å². The lowest BCUT2D eigenvalue weighted by molar-refractivity contribution is -0.135. The molecule has 0 bridgehead atoms. The number of nitrogens with zero attached hydrogens (tertiary/aromatic N) is 5. The maximum atomic E-state index is 12.7. The van der Waals surface area contributed by atoms with Crippen molar-refractivity contribution in [3.8, 4) is 0 Å². The minimum absolute atomic E-state index is 0.258. The first-order valence-corrected chi connectivity index (χ1v) is 11.5. The maximum Gasteiger partial charge on any atom is 0.332 e. The van der Waals surface area contributed by atoms with Gasteiger partial charge in [0.15, 0.2) is 11.2 Å². The zero-order chi connectivity index (χ0) is 22.2. The summed E-state index contributed by atoms with van der Waals surface area (Å²) in [6.45, 7) is 3.22. The summed E-state index contributed by atoms with van der Waals surface area (Å²) >= 11 is 0. The molecule has 0 saturated carbocycles. The molecule has 0 atom stereocenters. The molecule has 1 amide bonds. The van der Waals surface area contributed by atoms with Crippen molar-refractivity contribution in [2.45, 2.75) is 64.3 Å². The Morgan fingerprint density at radius 1 is 0.968 bits per heavy atom. The van der Waals surface area contributed by atoms with Crippen LogP contribution in [0.5, 0.6) is 0 Å². The highest BCUT2D eigenvalue weighted by Crippen LogP contribution is 2.11. The zero-order valence-corrected chi connectivity index (χ0v) is 18.8. The number of unbranched alkanes of at least 4 members (excludes halogenated alkanes) is 7. The summed E-state index contributed by atoms with van der Waals surface area (Å²) in [6.07, 6.45) is 10.6. The molecule has 0 spiro atoms. The molecule has 1 saturated heterocycles. The molecule has 3 heterocycles. The van der Waals surface area contributed by atoms with E-state index >= 15 is 0 Å². The number of rotatable bonds is 11. The molecule has 172 valence electrons. The van der Waals surface area contributed by atoms with Gasteiger partial charge in [-0.2, -0.15) is 0 Å². The van der Waals surface area contributed by atoms with E-state index in [1.54, 1.807) is 25.0 Å². The Balaban J connectivity index is 1.29. The second-order valence-corrected chi connectivity index (χ2v) is 8.40. The smallest absolute Gasteiger partial charge is 0.332 e. The summed E-state index contributed by atoms with van der Waals surface area (Å²) in [7, 11) is 3.42. The van der Waals surface area contributed by atoms with Gasteiger partial charge in [-0.3, -0.25) is 18.7 Å². The van der Waals surface area contributed by atoms with E-state index in [0.29, 0.717) is 37.3 Å². The van der Waals surface area contributed by atoms with Crippen molar-refractivity contribution in [2.24, 2.45) is 14.1 Å². The summed E-state index contributed by atoms with van der Waals surface area (Å²) in [5.41, 5.74) is 0.335. The van der Waals surface area contributed by atoms with Crippen molar-refractivity contribution in [1.82, 2.24) is 23.6 Å². The molecule has 0 aliphatic carbocycles. The quantitative estimate of drug-likeness (QED) is 0.504. The normalized spacial score (nSPS) is 14.5. The molecule has 3 rings (SSSR count). The van der Waals surface area contributed by atoms with Gasteiger partial charge in [-0.05, 0) is 12.8 Å². The van der Waals surface area contributed by atoms with Crippen LogP contribution in [0.4, 0.5) is 0 Å². The summed E-state index contributed by atoms with van der Waals surface area (Å²) in [4.78, 5) is 43.3. The number of aromatic nitrogens is 4. The number of carbonyl (C=O) groups excluding carboxylic acids is 1. The highest BCUT2D eigenvalue weighted by atomic mass is 16.5. The molecule has 1 aliphatic rings. The van der Waals surface area contributed by atoms with Crippen molar-refractivity contribution in [3.05, 3.63) is 27.2 Å². The lowest BCUT2D eigenvalue weighted by Crippen LogP contribution is -2.40. The SMILES string of the molecule is Cn1cnc2c1c(=O)n(CCCCCCCCCCC(=O)N1CCOCC1)c(=O)n2C. The first-order chi connectivity index (χ1) is 15.0. The number of amides is 1. The van der Waals surface area contributed by atoms with Gasteiger partial charge in [0.05, 0.1) is 19.5 Å². The third-order valence-corrected chi connectivity index (χ3v) is 6.09. The molecular weight excluding hydrogens is 398 g/mol. The van der Waals surface area contributed by atoms with Crippen LogP contribution in [0.25, 0.3) is 11.2 Å². The fourth-order valence-electron chi connectivity index (χ4n) is 4.17. The highest BCUT2D eigenvalue weighted by molar-refractivity contribution is 5.76. The summed E-state index contributed by atoms with van der Waals surface area (Å²) in [6, 6.07) is 0. The molecule has 2 aromatic heterocycles. The topological polar surface area (TPSA) is 91.4 Å². The summed E-state index contributed by atoms with van der Waals surface area (Å²) in [5, 5.41) is 0. The number of hydrogen-bond donors (Lipinski definition) is 0. The third-order valence-electron chi connectivity index (χ3n) is 6.09. The van der Waals surface area contributed by atoms with Crippen molar-refractivity contribution in [3.63, 3.8) is 0 Å². The summed E-state index contributed by atoms with van der Waals surface area (Å²) < 4.78 is 9.72. The molecule has 0 unspecified atom stereocenters. The van der Waals surface area contributed by atoms with Gasteiger partial charge in [-0.25, -0.2) is 9.78 Å². The van der Waals surface area contributed by atoms with Crippen LogP contribution in [0.15, 0.2) is 15.9 Å². The molecule has 1 aliphatic heterocycles. The van der Waals surface area contributed by atoms with E-state index < -0.39 is 0 Å². The molecule has 0 N–H and O–H groups in total. The number of morpholine rings is 1. The molecule has 9 nitrogen and oxygen atoms in total. The number of fused-ring (bicyclic) bond motifs is 1. The van der Waals surface area contributed by atoms with Crippen molar-refractivity contribution in [1.29, 1.82) is 0 Å². The number of carbonyl (C=O) groups is 1. The van der Waals surface area contributed by atoms with Crippen LogP contribution < -0.4 is 11.2 Å². The molecule has 0 aromatic carbocycles. The predicted octanol–water partition coefficient (Wildman–Crippen LogP) is 1.80. The number of hydrogen-bond acceptors (Lipinski definition) is 5. The Hall–Kier alpha value is -2.42. The van der Waals surface area contributed by atoms with E-state index in [0.717, 1.165) is 64.5 Å². The van der Waals surface area contributed by atoms with Gasteiger partial charge in [-0.1, -0.05) is 38.5 Å². The van der Waals surface area contributed by atoms with E-state index in [-0.39, 0.29) is 17.2 Å². The van der Waals surface area contributed by atoms with Crippen LogP contribution in [0.1, 0.15) is 57.8 Å². The zero-order valence-electron chi connectivity index (χ0n) is 18.8. The van der Waals surface area contributed by atoms with E-state index in [1.165, 1.54) is 9.13 Å². The lowest BCUT2D eigenvalue weighted by Gasteiger charge is -2.26. The number of imidazole rings is 1. The Labute approximate surface area is 182 Å². The molecule has 9 heteroatoms. The third kappa shape index (κ3) is 5.84. The average Bonchev–Trinajstić information content (AvgIpc) is 3.17. The van der Waals surface area contributed by atoms with Gasteiger partial charge < -0.3 is 14.2 Å². The minimum Gasteiger partial charge on any atom is -0.378 e. The fourth-order valence-corrected chi connectivity index (χ4v) is 4.17. The minimum atomic E-state index is -0.303. The van der Waals surface area contributed by atoms with E-state index in [1.807, 2.05) is 4.90 Å². The van der Waals surface area contributed by atoms with Crippen molar-refractivity contribution >= 4 is 17.1 Å². The maximum absolute atomic E-state index is 12.7. The Morgan fingerprint density at radius 2 is 1.58 bits per heavy atom. The number of ether oxygens (including phenoxy) is 1. The standard InChI is InChI=1S/C22H35N5O4/c1-24-17-23-20-19(24)21(29)27(22(30)25(20)2)12-10-8-6-4-3-5-7-9-11-18(28)26-13-15-31-16-14-26/h17H,3-16H2,1-2H3. The van der Waals surface area contributed by atoms with Crippen LogP contribution in [0.3, 0.4) is 0 Å². The van der Waals surface area contributed by atoms with E-state index in [4.69, 9.17) is 4.74 Å². The average molecular weight is 434 g/mol. The Bertz CT molecular complexity index is 984. The van der Waals surface area contributed by atoms with Gasteiger partial charge >= 0.3 is 5.69 Å². The Kier molecular flexibility index (Phi) is 8.45. The van der Waals surface area contributed by atoms with Gasteiger partial charge in [0.25, 0.3) is 5.56 Å². The molecular formula is C22H35N5O4. The highest BCUT2D eigenvalue weighted by Gasteiger charge is 2.16. The van der Waals surface area contributed by atoms with E-state index in [2.05, 4.69) is 4.98 Å². The van der Waals surface area contributed by atoms with Gasteiger partial charge in [0, 0.05) is 40.2 Å². The van der Waals surface area contributed by atoms with Gasteiger partial charge in [0.2, 0.25) is 5.91 Å². The largest absolute Gasteiger partial charge is 0.378 e. The van der Waals surface area contributed by atoms with Crippen molar-refractivity contribution < 1.29 is 9.53 Å². The molecule has 31 heavy (non-hydrogen) atoms. The first-order valence-electron chi connectivity index (χ1n) is 11.5. The summed E-state index contributed by atoms with van der Waals surface area (Å²) in [5.74, 6) is 0.258. The molecule has 2 aromatic rings. The Morgan fingerprint density at radius 3 is 2.26 bits per heavy atom. The fraction of sp³-hybridized carbons (Fsp3) is 0.727. The van der Waals surface area contributed by atoms with Crippen LogP contribution in [0, 0.1) is 0 Å². The van der Waals surface area contributed by atoms with Crippen LogP contribution in [0.2, 0.25) is 0 Å². The van der Waals surface area contributed by atoms with Crippen LogP contribution >= 0.6 is 0 Å². The van der Waals surface area contributed by atoms with Crippen LogP contribution in [-0.2, 0) is 30.2 Å².